The summed E-state index contributed by atoms with van der Waals surface area (Å²) in [5, 5.41) is 1.14. The van der Waals surface area contributed by atoms with E-state index in [4.69, 9.17) is 23.2 Å². The van der Waals surface area contributed by atoms with Gasteiger partial charge in [0.2, 0.25) is 5.91 Å². The van der Waals surface area contributed by atoms with Gasteiger partial charge in [0.05, 0.1) is 6.42 Å². The van der Waals surface area contributed by atoms with Crippen LogP contribution in [0.1, 0.15) is 31.7 Å². The predicted molar refractivity (Wildman–Crippen MR) is 75.2 cm³/mol. The zero-order valence-electron chi connectivity index (χ0n) is 10.5. The summed E-state index contributed by atoms with van der Waals surface area (Å²) in [7, 11) is 0. The van der Waals surface area contributed by atoms with E-state index in [2.05, 4.69) is 6.92 Å². The van der Waals surface area contributed by atoms with Crippen molar-refractivity contribution in [3.63, 3.8) is 0 Å². The molecule has 1 aromatic carbocycles. The monoisotopic (exact) mass is 285 g/mol. The van der Waals surface area contributed by atoms with Gasteiger partial charge in [0.1, 0.15) is 0 Å². The highest BCUT2D eigenvalue weighted by atomic mass is 35.5. The van der Waals surface area contributed by atoms with Gasteiger partial charge in [-0.3, -0.25) is 4.79 Å². The number of nitrogens with zero attached hydrogens (tertiary/aromatic N) is 1. The normalized spacial score (nSPS) is 19.9. The highest BCUT2D eigenvalue weighted by Gasteiger charge is 2.24. The Kier molecular flexibility index (Phi) is 4.52. The molecule has 1 aliphatic heterocycles. The van der Waals surface area contributed by atoms with Crippen molar-refractivity contribution in [3.05, 3.63) is 33.8 Å². The van der Waals surface area contributed by atoms with Crippen molar-refractivity contribution < 1.29 is 4.79 Å². The van der Waals surface area contributed by atoms with Gasteiger partial charge >= 0.3 is 0 Å². The van der Waals surface area contributed by atoms with Crippen LogP contribution in [0, 0.1) is 0 Å². The Hall–Kier alpha value is -0.730. The fourth-order valence-corrected chi connectivity index (χ4v) is 2.95. The van der Waals surface area contributed by atoms with Gasteiger partial charge in [0.15, 0.2) is 0 Å². The van der Waals surface area contributed by atoms with Crippen LogP contribution in [0.4, 0.5) is 0 Å². The van der Waals surface area contributed by atoms with Gasteiger partial charge in [-0.25, -0.2) is 0 Å². The van der Waals surface area contributed by atoms with Crippen molar-refractivity contribution in [2.24, 2.45) is 0 Å². The summed E-state index contributed by atoms with van der Waals surface area (Å²) in [4.78, 5) is 14.2. The van der Waals surface area contributed by atoms with Gasteiger partial charge in [0.25, 0.3) is 0 Å². The van der Waals surface area contributed by atoms with Gasteiger partial charge in [0, 0.05) is 22.6 Å². The lowest BCUT2D eigenvalue weighted by atomic mass is 10.0. The minimum absolute atomic E-state index is 0.122. The summed E-state index contributed by atoms with van der Waals surface area (Å²) in [6.45, 7) is 2.95. The number of piperidine rings is 1. The second-order valence-corrected chi connectivity index (χ2v) is 5.62. The molecule has 1 fully saturated rings. The molecule has 0 aliphatic carbocycles. The molecule has 1 heterocycles. The molecule has 1 aliphatic rings. The molecular formula is C14H17Cl2NO. The third-order valence-corrected chi connectivity index (χ3v) is 4.22. The molecule has 0 bridgehead atoms. The fraction of sp³-hybridized carbons (Fsp3) is 0.500. The standard InChI is InChI=1S/C14H17Cl2NO/c1-10-5-2-3-8-17(10)14(18)9-11-12(15)6-4-7-13(11)16/h4,6-7,10H,2-3,5,8-9H2,1H3. The Morgan fingerprint density at radius 1 is 1.33 bits per heavy atom. The number of likely N-dealkylation sites (tertiary alicyclic amines) is 1. The maximum Gasteiger partial charge on any atom is 0.227 e. The maximum atomic E-state index is 12.3. The van der Waals surface area contributed by atoms with Gasteiger partial charge in [-0.1, -0.05) is 29.3 Å². The first-order valence-corrected chi connectivity index (χ1v) is 7.07. The number of halogens is 2. The van der Waals surface area contributed by atoms with Crippen LogP contribution in [0.25, 0.3) is 0 Å². The van der Waals surface area contributed by atoms with Gasteiger partial charge in [-0.05, 0) is 43.9 Å². The number of hydrogen-bond acceptors (Lipinski definition) is 1. The molecule has 98 valence electrons. The molecule has 1 amide bonds. The summed E-state index contributed by atoms with van der Waals surface area (Å²) in [5.74, 6) is 0.122. The Balaban J connectivity index is 2.11. The topological polar surface area (TPSA) is 20.3 Å². The molecule has 0 radical (unpaired) electrons. The number of amides is 1. The molecule has 0 N–H and O–H groups in total. The van der Waals surface area contributed by atoms with Crippen LogP contribution in [-0.4, -0.2) is 23.4 Å². The van der Waals surface area contributed by atoms with Crippen molar-refractivity contribution in [2.45, 2.75) is 38.6 Å². The molecule has 1 atom stereocenters. The fourth-order valence-electron chi connectivity index (χ4n) is 2.42. The van der Waals surface area contributed by atoms with Crippen LogP contribution >= 0.6 is 23.2 Å². The van der Waals surface area contributed by atoms with E-state index < -0.39 is 0 Å². The van der Waals surface area contributed by atoms with Crippen LogP contribution in [-0.2, 0) is 11.2 Å². The van der Waals surface area contributed by atoms with Crippen LogP contribution in [0.5, 0.6) is 0 Å². The Labute approximate surface area is 118 Å². The van der Waals surface area contributed by atoms with Gasteiger partial charge < -0.3 is 4.90 Å². The Bertz CT molecular complexity index is 427. The van der Waals surface area contributed by atoms with Crippen LogP contribution in [0.15, 0.2) is 18.2 Å². The molecule has 4 heteroatoms. The molecule has 1 unspecified atom stereocenters. The molecule has 2 nitrogen and oxygen atoms in total. The van der Waals surface area contributed by atoms with Crippen LogP contribution in [0.2, 0.25) is 10.0 Å². The van der Waals surface area contributed by atoms with Crippen molar-refractivity contribution in [2.75, 3.05) is 6.54 Å². The summed E-state index contributed by atoms with van der Waals surface area (Å²) in [5.41, 5.74) is 0.739. The second-order valence-electron chi connectivity index (χ2n) is 4.81. The molecule has 1 saturated heterocycles. The summed E-state index contributed by atoms with van der Waals surface area (Å²) in [6.07, 6.45) is 3.68. The molecule has 0 aromatic heterocycles. The van der Waals surface area contributed by atoms with Crippen LogP contribution in [0.3, 0.4) is 0 Å². The lowest BCUT2D eigenvalue weighted by Gasteiger charge is -2.33. The average molecular weight is 286 g/mol. The minimum atomic E-state index is 0.122. The quantitative estimate of drug-likeness (QED) is 0.806. The number of carbonyl (C=O) groups excluding carboxylic acids is 1. The molecule has 18 heavy (non-hydrogen) atoms. The highest BCUT2D eigenvalue weighted by Crippen LogP contribution is 2.26. The smallest absolute Gasteiger partial charge is 0.227 e. The molecule has 1 aromatic rings. The van der Waals surface area contributed by atoms with E-state index in [9.17, 15) is 4.79 Å². The first kappa shape index (κ1) is 13.7. The van der Waals surface area contributed by atoms with E-state index in [1.165, 1.54) is 6.42 Å². The van der Waals surface area contributed by atoms with Crippen molar-refractivity contribution in [3.8, 4) is 0 Å². The van der Waals surface area contributed by atoms with E-state index >= 15 is 0 Å². The third kappa shape index (κ3) is 2.99. The lowest BCUT2D eigenvalue weighted by Crippen LogP contribution is -2.42. The van der Waals surface area contributed by atoms with Gasteiger partial charge in [-0.15, -0.1) is 0 Å². The first-order chi connectivity index (χ1) is 8.59. The number of hydrogen-bond donors (Lipinski definition) is 0. The number of rotatable bonds is 2. The van der Waals surface area contributed by atoms with Crippen molar-refractivity contribution in [1.29, 1.82) is 0 Å². The molecule has 2 rings (SSSR count). The zero-order chi connectivity index (χ0) is 13.1. The van der Waals surface area contributed by atoms with E-state index in [1.807, 2.05) is 4.90 Å². The average Bonchev–Trinajstić information content (AvgIpc) is 2.34. The van der Waals surface area contributed by atoms with E-state index in [-0.39, 0.29) is 5.91 Å². The molecule has 0 spiro atoms. The van der Waals surface area contributed by atoms with Crippen molar-refractivity contribution in [1.82, 2.24) is 4.90 Å². The lowest BCUT2D eigenvalue weighted by molar-refractivity contribution is -0.133. The highest BCUT2D eigenvalue weighted by molar-refractivity contribution is 6.36. The Morgan fingerprint density at radius 2 is 2.00 bits per heavy atom. The predicted octanol–water partition coefficient (Wildman–Crippen LogP) is 3.94. The summed E-state index contributed by atoms with van der Waals surface area (Å²) >= 11 is 12.2. The zero-order valence-corrected chi connectivity index (χ0v) is 12.0. The SMILES string of the molecule is CC1CCCCN1C(=O)Cc1c(Cl)cccc1Cl. The third-order valence-electron chi connectivity index (χ3n) is 3.51. The maximum absolute atomic E-state index is 12.3. The van der Waals surface area contributed by atoms with E-state index in [0.717, 1.165) is 24.9 Å². The van der Waals surface area contributed by atoms with E-state index in [1.54, 1.807) is 18.2 Å². The Morgan fingerprint density at radius 3 is 2.61 bits per heavy atom. The summed E-state index contributed by atoms with van der Waals surface area (Å²) < 4.78 is 0. The van der Waals surface area contributed by atoms with Gasteiger partial charge in [-0.2, -0.15) is 0 Å². The summed E-state index contributed by atoms with van der Waals surface area (Å²) in [6, 6.07) is 5.67. The number of benzene rings is 1. The van der Waals surface area contributed by atoms with E-state index in [0.29, 0.717) is 22.5 Å². The number of carbonyl (C=O) groups is 1. The molecule has 0 saturated carbocycles. The molecular weight excluding hydrogens is 269 g/mol. The largest absolute Gasteiger partial charge is 0.340 e. The van der Waals surface area contributed by atoms with Crippen LogP contribution < -0.4 is 0 Å². The second kappa shape index (κ2) is 5.94. The first-order valence-electron chi connectivity index (χ1n) is 6.32. The minimum Gasteiger partial charge on any atom is -0.340 e. The van der Waals surface area contributed by atoms with Crippen molar-refractivity contribution >= 4 is 29.1 Å².